The highest BCUT2D eigenvalue weighted by molar-refractivity contribution is 7.09. The van der Waals surface area contributed by atoms with Crippen LogP contribution in [-0.4, -0.2) is 16.1 Å². The molecule has 0 aliphatic heterocycles. The second-order valence-corrected chi connectivity index (χ2v) is 5.56. The van der Waals surface area contributed by atoms with Crippen molar-refractivity contribution in [3.63, 3.8) is 0 Å². The van der Waals surface area contributed by atoms with E-state index in [1.54, 1.807) is 12.1 Å². The molecule has 4 nitrogen and oxygen atoms in total. The van der Waals surface area contributed by atoms with Crippen LogP contribution in [0.1, 0.15) is 15.4 Å². The second kappa shape index (κ2) is 6.41. The number of aromatic nitrogens is 1. The van der Waals surface area contributed by atoms with Gasteiger partial charge in [0.2, 0.25) is 0 Å². The maximum absolute atomic E-state index is 10.9. The Balaban J connectivity index is 1.69. The molecular formula is C17H13NO3S. The minimum absolute atomic E-state index is 0.210. The fourth-order valence-corrected chi connectivity index (χ4v) is 2.70. The van der Waals surface area contributed by atoms with Gasteiger partial charge in [0.1, 0.15) is 17.4 Å². The Kier molecular flexibility index (Phi) is 4.16. The third kappa shape index (κ3) is 3.32. The van der Waals surface area contributed by atoms with Crippen LogP contribution in [0, 0.1) is 0 Å². The number of nitrogens with zero attached hydrogens (tertiary/aromatic N) is 1. The third-order valence-corrected chi connectivity index (χ3v) is 3.89. The molecule has 0 atom stereocenters. The maximum Gasteiger partial charge on any atom is 0.335 e. The Bertz CT molecular complexity index is 783. The van der Waals surface area contributed by atoms with E-state index in [4.69, 9.17) is 9.84 Å². The Morgan fingerprint density at radius 3 is 2.73 bits per heavy atom. The molecule has 0 aliphatic rings. The Hall–Kier alpha value is -2.66. The van der Waals surface area contributed by atoms with Crippen molar-refractivity contribution in [1.29, 1.82) is 0 Å². The van der Waals surface area contributed by atoms with Crippen molar-refractivity contribution in [2.75, 3.05) is 0 Å². The largest absolute Gasteiger partial charge is 0.486 e. The number of hydrogen-bond acceptors (Lipinski definition) is 4. The number of aromatic carboxylic acids is 1. The van der Waals surface area contributed by atoms with Crippen LogP contribution < -0.4 is 4.74 Å². The van der Waals surface area contributed by atoms with Gasteiger partial charge in [0, 0.05) is 10.9 Å². The van der Waals surface area contributed by atoms with Crippen molar-refractivity contribution in [3.05, 3.63) is 70.5 Å². The topological polar surface area (TPSA) is 59.4 Å². The normalized spacial score (nSPS) is 10.4. The molecule has 22 heavy (non-hydrogen) atoms. The summed E-state index contributed by atoms with van der Waals surface area (Å²) in [5, 5.41) is 11.8. The zero-order valence-corrected chi connectivity index (χ0v) is 12.4. The molecule has 110 valence electrons. The van der Waals surface area contributed by atoms with E-state index in [1.165, 1.54) is 23.5 Å². The lowest BCUT2D eigenvalue weighted by Gasteiger charge is -2.04. The molecule has 1 aromatic heterocycles. The zero-order valence-electron chi connectivity index (χ0n) is 11.6. The summed E-state index contributed by atoms with van der Waals surface area (Å²) < 4.78 is 5.62. The van der Waals surface area contributed by atoms with Gasteiger partial charge in [0.25, 0.3) is 0 Å². The molecule has 0 unspecified atom stereocenters. The van der Waals surface area contributed by atoms with Crippen molar-refractivity contribution in [2.45, 2.75) is 6.61 Å². The first-order valence-corrected chi connectivity index (χ1v) is 7.56. The van der Waals surface area contributed by atoms with E-state index in [9.17, 15) is 4.79 Å². The molecule has 1 N–H and O–H groups in total. The van der Waals surface area contributed by atoms with E-state index in [1.807, 2.05) is 35.7 Å². The van der Waals surface area contributed by atoms with Crippen LogP contribution in [0.5, 0.6) is 5.75 Å². The van der Waals surface area contributed by atoms with Crippen LogP contribution in [-0.2, 0) is 6.61 Å². The number of carbonyl (C=O) groups is 1. The first kappa shape index (κ1) is 14.3. The highest BCUT2D eigenvalue weighted by Gasteiger charge is 2.07. The van der Waals surface area contributed by atoms with E-state index in [0.717, 1.165) is 16.3 Å². The molecule has 0 amide bonds. The highest BCUT2D eigenvalue weighted by Crippen LogP contribution is 2.23. The van der Waals surface area contributed by atoms with E-state index in [0.29, 0.717) is 12.4 Å². The summed E-state index contributed by atoms with van der Waals surface area (Å²) in [7, 11) is 0. The van der Waals surface area contributed by atoms with Crippen LogP contribution in [0.2, 0.25) is 0 Å². The number of carboxylic acid groups (broad SMARTS) is 1. The average molecular weight is 311 g/mol. The lowest BCUT2D eigenvalue weighted by Crippen LogP contribution is -1.99. The van der Waals surface area contributed by atoms with Gasteiger partial charge in [-0.25, -0.2) is 9.78 Å². The Morgan fingerprint density at radius 1 is 1.14 bits per heavy atom. The number of ether oxygens (including phenoxy) is 1. The van der Waals surface area contributed by atoms with Gasteiger partial charge in [-0.2, -0.15) is 0 Å². The number of rotatable bonds is 5. The molecular weight excluding hydrogens is 298 g/mol. The molecule has 0 bridgehead atoms. The van der Waals surface area contributed by atoms with Crippen LogP contribution in [0.15, 0.2) is 60.0 Å². The lowest BCUT2D eigenvalue weighted by molar-refractivity contribution is 0.0696. The molecule has 3 rings (SSSR count). The van der Waals surface area contributed by atoms with Gasteiger partial charge in [0.05, 0.1) is 11.3 Å². The van der Waals surface area contributed by atoms with Crippen molar-refractivity contribution < 1.29 is 14.6 Å². The second-order valence-electron chi connectivity index (χ2n) is 4.61. The van der Waals surface area contributed by atoms with Gasteiger partial charge in [-0.15, -0.1) is 11.3 Å². The van der Waals surface area contributed by atoms with Crippen LogP contribution in [0.4, 0.5) is 0 Å². The average Bonchev–Trinajstić information content (AvgIpc) is 3.03. The van der Waals surface area contributed by atoms with Crippen molar-refractivity contribution in [1.82, 2.24) is 4.98 Å². The number of thiazole rings is 1. The molecule has 0 radical (unpaired) electrons. The molecule has 0 fully saturated rings. The van der Waals surface area contributed by atoms with E-state index in [2.05, 4.69) is 4.98 Å². The fraction of sp³-hybridized carbons (Fsp3) is 0.0588. The predicted molar refractivity (Wildman–Crippen MR) is 85.3 cm³/mol. The quantitative estimate of drug-likeness (QED) is 0.771. The minimum Gasteiger partial charge on any atom is -0.486 e. The number of carboxylic acids is 1. The van der Waals surface area contributed by atoms with E-state index < -0.39 is 5.97 Å². The van der Waals surface area contributed by atoms with Gasteiger partial charge in [-0.05, 0) is 18.2 Å². The summed E-state index contributed by atoms with van der Waals surface area (Å²) in [5.41, 5.74) is 2.20. The molecule has 0 saturated heterocycles. The first-order chi connectivity index (χ1) is 10.7. The molecule has 5 heteroatoms. The lowest BCUT2D eigenvalue weighted by atomic mass is 10.2. The summed E-state index contributed by atoms with van der Waals surface area (Å²) in [4.78, 5) is 15.5. The summed E-state index contributed by atoms with van der Waals surface area (Å²) in [6, 6.07) is 16.4. The highest BCUT2D eigenvalue weighted by atomic mass is 32.1. The predicted octanol–water partition coefficient (Wildman–Crippen LogP) is 4.09. The summed E-state index contributed by atoms with van der Waals surface area (Å²) in [6.45, 7) is 0.320. The Labute approximate surface area is 131 Å². The van der Waals surface area contributed by atoms with Gasteiger partial charge >= 0.3 is 5.97 Å². The standard InChI is InChI=1S/C17H13NO3S/c19-17(20)13-7-4-8-14(9-13)21-10-16-18-15(11-22-16)12-5-2-1-3-6-12/h1-9,11H,10H2,(H,19,20). The van der Waals surface area contributed by atoms with Crippen LogP contribution in [0.25, 0.3) is 11.3 Å². The monoisotopic (exact) mass is 311 g/mol. The summed E-state index contributed by atoms with van der Waals surface area (Å²) >= 11 is 1.52. The van der Waals surface area contributed by atoms with Gasteiger partial charge < -0.3 is 9.84 Å². The zero-order chi connectivity index (χ0) is 15.4. The van der Waals surface area contributed by atoms with Crippen molar-refractivity contribution >= 4 is 17.3 Å². The van der Waals surface area contributed by atoms with Gasteiger partial charge in [0.15, 0.2) is 0 Å². The van der Waals surface area contributed by atoms with E-state index in [-0.39, 0.29) is 5.56 Å². The van der Waals surface area contributed by atoms with Crippen molar-refractivity contribution in [3.8, 4) is 17.0 Å². The van der Waals surface area contributed by atoms with Gasteiger partial charge in [-0.1, -0.05) is 36.4 Å². The fourth-order valence-electron chi connectivity index (χ4n) is 1.98. The molecule has 1 heterocycles. The van der Waals surface area contributed by atoms with Crippen molar-refractivity contribution in [2.24, 2.45) is 0 Å². The minimum atomic E-state index is -0.967. The maximum atomic E-state index is 10.9. The molecule has 0 spiro atoms. The first-order valence-electron chi connectivity index (χ1n) is 6.68. The SMILES string of the molecule is O=C(O)c1cccc(OCc2nc(-c3ccccc3)cs2)c1. The molecule has 2 aromatic carbocycles. The summed E-state index contributed by atoms with van der Waals surface area (Å²) in [6.07, 6.45) is 0. The molecule has 0 aliphatic carbocycles. The van der Waals surface area contributed by atoms with Crippen LogP contribution in [0.3, 0.4) is 0 Å². The van der Waals surface area contributed by atoms with Gasteiger partial charge in [-0.3, -0.25) is 0 Å². The number of hydrogen-bond donors (Lipinski definition) is 1. The number of benzene rings is 2. The summed E-state index contributed by atoms with van der Waals surface area (Å²) in [5.74, 6) is -0.442. The smallest absolute Gasteiger partial charge is 0.335 e. The third-order valence-electron chi connectivity index (χ3n) is 3.06. The Morgan fingerprint density at radius 2 is 1.95 bits per heavy atom. The van der Waals surface area contributed by atoms with E-state index >= 15 is 0 Å². The molecule has 0 saturated carbocycles. The van der Waals surface area contributed by atoms with Crippen LogP contribution >= 0.6 is 11.3 Å². The molecule has 3 aromatic rings.